The molecule has 0 radical (unpaired) electrons. The van der Waals surface area contributed by atoms with Crippen LogP contribution in [0.4, 0.5) is 4.79 Å². The van der Waals surface area contributed by atoms with Crippen molar-refractivity contribution in [2.24, 2.45) is 0 Å². The van der Waals surface area contributed by atoms with Gasteiger partial charge in [0.15, 0.2) is 0 Å². The van der Waals surface area contributed by atoms with E-state index in [9.17, 15) is 4.79 Å². The Morgan fingerprint density at radius 2 is 2.50 bits per heavy atom. The standard InChI is InChI=1S/C5H7IN2O2/c6-8-1-3-4(2-8)10-5(9)7-3/h3-4H,1-2H2,(H,7,9)/t3?,4-/m1/s1. The van der Waals surface area contributed by atoms with Gasteiger partial charge in [-0.15, -0.1) is 0 Å². The molecule has 2 heterocycles. The van der Waals surface area contributed by atoms with Crippen LogP contribution in [0.15, 0.2) is 0 Å². The summed E-state index contributed by atoms with van der Waals surface area (Å²) in [6.45, 7) is 1.75. The van der Waals surface area contributed by atoms with Crippen molar-refractivity contribution in [3.63, 3.8) is 0 Å². The molecule has 5 heteroatoms. The van der Waals surface area contributed by atoms with E-state index in [-0.39, 0.29) is 18.2 Å². The Hall–Kier alpha value is -0.0400. The van der Waals surface area contributed by atoms with Crippen LogP contribution in [0.3, 0.4) is 0 Å². The number of carbonyl (C=O) groups is 1. The van der Waals surface area contributed by atoms with Crippen LogP contribution in [0.2, 0.25) is 0 Å². The van der Waals surface area contributed by atoms with E-state index < -0.39 is 0 Å². The third-order valence-corrected chi connectivity index (χ3v) is 2.57. The second-order valence-electron chi connectivity index (χ2n) is 2.52. The van der Waals surface area contributed by atoms with E-state index in [4.69, 9.17) is 4.74 Å². The first kappa shape index (κ1) is 6.66. The van der Waals surface area contributed by atoms with Gasteiger partial charge in [0.05, 0.1) is 6.04 Å². The SMILES string of the molecule is O=C1NC2CN(I)C[C@H]2O1. The van der Waals surface area contributed by atoms with Gasteiger partial charge in [0.25, 0.3) is 0 Å². The van der Waals surface area contributed by atoms with Gasteiger partial charge in [0, 0.05) is 36.0 Å². The maximum absolute atomic E-state index is 10.6. The Labute approximate surface area is 72.4 Å². The number of alkyl carbamates (subject to hydrolysis) is 1. The molecule has 0 aliphatic carbocycles. The van der Waals surface area contributed by atoms with Gasteiger partial charge in [-0.3, -0.25) is 0 Å². The molecule has 2 fully saturated rings. The zero-order valence-corrected chi connectivity index (χ0v) is 7.37. The highest BCUT2D eigenvalue weighted by Crippen LogP contribution is 2.21. The molecule has 2 aliphatic heterocycles. The maximum Gasteiger partial charge on any atom is 0.407 e. The van der Waals surface area contributed by atoms with Crippen LogP contribution in [-0.2, 0) is 4.74 Å². The molecule has 1 unspecified atom stereocenters. The summed E-state index contributed by atoms with van der Waals surface area (Å²) in [4.78, 5) is 10.6. The number of carbonyl (C=O) groups excluding carboxylic acids is 1. The second kappa shape index (κ2) is 2.23. The highest BCUT2D eigenvalue weighted by atomic mass is 127. The predicted octanol–water partition coefficient (Wildman–Crippen LogP) is 0.129. The molecule has 0 aromatic rings. The lowest BCUT2D eigenvalue weighted by Crippen LogP contribution is -2.30. The first-order chi connectivity index (χ1) is 4.75. The van der Waals surface area contributed by atoms with Gasteiger partial charge in [-0.1, -0.05) is 0 Å². The third-order valence-electron chi connectivity index (χ3n) is 1.78. The second-order valence-corrected chi connectivity index (χ2v) is 3.89. The van der Waals surface area contributed by atoms with Gasteiger partial charge in [0.1, 0.15) is 6.10 Å². The summed E-state index contributed by atoms with van der Waals surface area (Å²) >= 11 is 2.23. The van der Waals surface area contributed by atoms with E-state index in [0.29, 0.717) is 0 Å². The van der Waals surface area contributed by atoms with E-state index in [0.717, 1.165) is 13.1 Å². The van der Waals surface area contributed by atoms with E-state index in [2.05, 4.69) is 31.3 Å². The highest BCUT2D eigenvalue weighted by molar-refractivity contribution is 14.1. The smallest absolute Gasteiger partial charge is 0.407 e. The summed E-state index contributed by atoms with van der Waals surface area (Å²) in [6.07, 6.45) is -0.177. The van der Waals surface area contributed by atoms with Crippen LogP contribution >= 0.6 is 22.9 Å². The van der Waals surface area contributed by atoms with Crippen molar-refractivity contribution in [2.75, 3.05) is 13.1 Å². The molecule has 10 heavy (non-hydrogen) atoms. The summed E-state index contributed by atoms with van der Waals surface area (Å²) in [7, 11) is 0. The molecular formula is C5H7IN2O2. The Bertz CT molecular complexity index is 159. The van der Waals surface area contributed by atoms with Gasteiger partial charge in [0.2, 0.25) is 0 Å². The van der Waals surface area contributed by atoms with Crippen molar-refractivity contribution in [2.45, 2.75) is 12.1 Å². The van der Waals surface area contributed by atoms with Crippen LogP contribution in [0.1, 0.15) is 0 Å². The summed E-state index contributed by atoms with van der Waals surface area (Å²) in [5.74, 6) is 0. The number of nitrogens with zero attached hydrogens (tertiary/aromatic N) is 1. The monoisotopic (exact) mass is 254 g/mol. The van der Waals surface area contributed by atoms with Crippen LogP contribution in [0, 0.1) is 0 Å². The lowest BCUT2D eigenvalue weighted by molar-refractivity contribution is 0.140. The first-order valence-corrected chi connectivity index (χ1v) is 4.10. The molecule has 1 N–H and O–H groups in total. The Morgan fingerprint density at radius 3 is 3.20 bits per heavy atom. The predicted molar refractivity (Wildman–Crippen MR) is 42.8 cm³/mol. The van der Waals surface area contributed by atoms with Gasteiger partial charge in [-0.25, -0.2) is 7.91 Å². The number of fused-ring (bicyclic) bond motifs is 1. The first-order valence-electron chi connectivity index (χ1n) is 3.13. The van der Waals surface area contributed by atoms with E-state index in [1.165, 1.54) is 0 Å². The van der Waals surface area contributed by atoms with Gasteiger partial charge < -0.3 is 10.1 Å². The summed E-state index contributed by atoms with van der Waals surface area (Å²) in [5.41, 5.74) is 0. The van der Waals surface area contributed by atoms with Crippen molar-refractivity contribution in [3.05, 3.63) is 0 Å². The fraction of sp³-hybridized carbons (Fsp3) is 0.800. The van der Waals surface area contributed by atoms with Gasteiger partial charge in [-0.2, -0.15) is 0 Å². The molecule has 0 aromatic carbocycles. The molecule has 0 saturated carbocycles. The topological polar surface area (TPSA) is 41.6 Å². The number of nitrogens with one attached hydrogen (secondary N) is 1. The lowest BCUT2D eigenvalue weighted by atomic mass is 10.2. The van der Waals surface area contributed by atoms with Crippen LogP contribution in [-0.4, -0.2) is 34.4 Å². The molecule has 56 valence electrons. The van der Waals surface area contributed by atoms with E-state index in [1.54, 1.807) is 0 Å². The minimum atomic E-state index is -0.264. The average Bonchev–Trinajstić information content (AvgIpc) is 2.21. The quantitative estimate of drug-likeness (QED) is 0.493. The number of halogens is 1. The normalized spacial score (nSPS) is 39.1. The maximum atomic E-state index is 10.6. The molecule has 1 amide bonds. The fourth-order valence-corrected chi connectivity index (χ4v) is 2.12. The van der Waals surface area contributed by atoms with Gasteiger partial charge in [-0.05, 0) is 0 Å². The van der Waals surface area contributed by atoms with Crippen LogP contribution < -0.4 is 5.32 Å². The average molecular weight is 254 g/mol. The van der Waals surface area contributed by atoms with E-state index >= 15 is 0 Å². The molecule has 2 saturated heterocycles. The number of rotatable bonds is 0. The molecule has 2 rings (SSSR count). The Morgan fingerprint density at radius 1 is 1.70 bits per heavy atom. The zero-order valence-electron chi connectivity index (χ0n) is 5.21. The number of hydrogen-bond acceptors (Lipinski definition) is 3. The molecule has 0 aromatic heterocycles. The summed E-state index contributed by atoms with van der Waals surface area (Å²) < 4.78 is 7.08. The molecule has 0 bridgehead atoms. The van der Waals surface area contributed by atoms with E-state index in [1.807, 2.05) is 0 Å². The Balaban J connectivity index is 2.06. The molecule has 4 nitrogen and oxygen atoms in total. The molecule has 0 spiro atoms. The lowest BCUT2D eigenvalue weighted by Gasteiger charge is -2.04. The van der Waals surface area contributed by atoms with Crippen molar-refractivity contribution >= 4 is 29.0 Å². The largest absolute Gasteiger partial charge is 0.443 e. The Kier molecular flexibility index (Phi) is 1.48. The molecule has 2 aliphatic rings. The number of hydrogen-bond donors (Lipinski definition) is 1. The van der Waals surface area contributed by atoms with Crippen LogP contribution in [0.5, 0.6) is 0 Å². The number of ether oxygens (including phenoxy) is 1. The van der Waals surface area contributed by atoms with Crippen molar-refractivity contribution in [1.29, 1.82) is 0 Å². The molecule has 2 atom stereocenters. The van der Waals surface area contributed by atoms with Gasteiger partial charge >= 0.3 is 6.09 Å². The zero-order chi connectivity index (χ0) is 7.14. The third kappa shape index (κ3) is 0.968. The summed E-state index contributed by atoms with van der Waals surface area (Å²) in [6, 6.07) is 0.226. The van der Waals surface area contributed by atoms with Crippen molar-refractivity contribution in [3.8, 4) is 0 Å². The van der Waals surface area contributed by atoms with Crippen molar-refractivity contribution < 1.29 is 9.53 Å². The van der Waals surface area contributed by atoms with Crippen LogP contribution in [0.25, 0.3) is 0 Å². The fourth-order valence-electron chi connectivity index (χ4n) is 1.31. The van der Waals surface area contributed by atoms with Crippen molar-refractivity contribution in [1.82, 2.24) is 8.43 Å². The minimum Gasteiger partial charge on any atom is -0.443 e. The summed E-state index contributed by atoms with van der Waals surface area (Å²) in [5, 5.41) is 2.74. The minimum absolute atomic E-state index is 0.0874. The number of amides is 1. The molecular weight excluding hydrogens is 247 g/mol. The highest BCUT2D eigenvalue weighted by Gasteiger charge is 2.40.